The predicted molar refractivity (Wildman–Crippen MR) is 106 cm³/mol. The van der Waals surface area contributed by atoms with Crippen LogP contribution < -0.4 is 5.32 Å². The summed E-state index contributed by atoms with van der Waals surface area (Å²) in [5, 5.41) is 3.27. The molecule has 5 heteroatoms. The smallest absolute Gasteiger partial charge is 0.274 e. The van der Waals surface area contributed by atoms with Crippen LogP contribution in [0.25, 0.3) is 0 Å². The van der Waals surface area contributed by atoms with Crippen molar-refractivity contribution in [2.45, 2.75) is 26.8 Å². The maximum atomic E-state index is 12.8. The van der Waals surface area contributed by atoms with Crippen molar-refractivity contribution in [2.24, 2.45) is 0 Å². The first-order valence-corrected chi connectivity index (χ1v) is 9.13. The van der Waals surface area contributed by atoms with Crippen LogP contribution in [0.1, 0.15) is 32.7 Å². The van der Waals surface area contributed by atoms with Gasteiger partial charge in [0.2, 0.25) is 0 Å². The Balaban J connectivity index is 1.47. The summed E-state index contributed by atoms with van der Waals surface area (Å²) >= 11 is 0. The molecule has 1 aliphatic heterocycles. The Kier molecular flexibility index (Phi) is 4.59. The Bertz CT molecular complexity index is 982. The zero-order chi connectivity index (χ0) is 18.8. The molecule has 0 atom stereocenters. The standard InChI is InChI=1S/C22H22N4O/c1-15-6-5-9-19(16(15)2)25-21-13-23-20(12-24-21)22(27)26-11-10-17-7-3-4-8-18(17)14-26/h3-9,12-13H,10-11,14H2,1-2H3,(H,24,25). The van der Waals surface area contributed by atoms with Gasteiger partial charge >= 0.3 is 0 Å². The normalized spacial score (nSPS) is 13.2. The van der Waals surface area contributed by atoms with Crippen molar-refractivity contribution >= 4 is 17.4 Å². The molecule has 5 nitrogen and oxygen atoms in total. The van der Waals surface area contributed by atoms with Crippen LogP contribution in [0.15, 0.2) is 54.9 Å². The Morgan fingerprint density at radius 1 is 1.00 bits per heavy atom. The molecule has 0 spiro atoms. The van der Waals surface area contributed by atoms with Crippen LogP contribution in [0.4, 0.5) is 11.5 Å². The van der Waals surface area contributed by atoms with Crippen LogP contribution in [0.3, 0.4) is 0 Å². The van der Waals surface area contributed by atoms with Crippen molar-refractivity contribution in [3.8, 4) is 0 Å². The Labute approximate surface area is 159 Å². The fraction of sp³-hybridized carbons (Fsp3) is 0.227. The van der Waals surface area contributed by atoms with Crippen LogP contribution in [0.2, 0.25) is 0 Å². The summed E-state index contributed by atoms with van der Waals surface area (Å²) in [6.07, 6.45) is 4.05. The van der Waals surface area contributed by atoms with Crippen LogP contribution in [-0.2, 0) is 13.0 Å². The van der Waals surface area contributed by atoms with Gasteiger partial charge in [0.15, 0.2) is 0 Å². The number of hydrogen-bond donors (Lipinski definition) is 1. The molecule has 4 rings (SSSR count). The molecule has 0 saturated heterocycles. The molecule has 0 saturated carbocycles. The second-order valence-corrected chi connectivity index (χ2v) is 6.90. The zero-order valence-corrected chi connectivity index (χ0v) is 15.6. The topological polar surface area (TPSA) is 58.1 Å². The summed E-state index contributed by atoms with van der Waals surface area (Å²) in [4.78, 5) is 23.3. The van der Waals surface area contributed by atoms with Crippen molar-refractivity contribution in [1.82, 2.24) is 14.9 Å². The molecule has 2 aromatic carbocycles. The number of rotatable bonds is 3. The number of benzene rings is 2. The lowest BCUT2D eigenvalue weighted by molar-refractivity contribution is 0.0728. The van der Waals surface area contributed by atoms with Crippen LogP contribution in [0, 0.1) is 13.8 Å². The number of anilines is 2. The number of aryl methyl sites for hydroxylation is 1. The average molecular weight is 358 g/mol. The van der Waals surface area contributed by atoms with E-state index in [0.29, 0.717) is 24.6 Å². The van der Waals surface area contributed by atoms with E-state index in [0.717, 1.165) is 12.1 Å². The van der Waals surface area contributed by atoms with E-state index in [1.165, 1.54) is 22.3 Å². The molecule has 27 heavy (non-hydrogen) atoms. The van der Waals surface area contributed by atoms with Crippen LogP contribution in [-0.4, -0.2) is 27.3 Å². The van der Waals surface area contributed by atoms with Gasteiger partial charge in [0.25, 0.3) is 5.91 Å². The molecule has 1 aliphatic rings. The molecular formula is C22H22N4O. The van der Waals surface area contributed by atoms with E-state index in [1.54, 1.807) is 12.4 Å². The van der Waals surface area contributed by atoms with E-state index in [2.05, 4.69) is 47.3 Å². The van der Waals surface area contributed by atoms with E-state index >= 15 is 0 Å². The minimum absolute atomic E-state index is 0.0738. The maximum absolute atomic E-state index is 12.8. The fourth-order valence-corrected chi connectivity index (χ4v) is 3.36. The van der Waals surface area contributed by atoms with Crippen molar-refractivity contribution in [2.75, 3.05) is 11.9 Å². The van der Waals surface area contributed by atoms with Gasteiger partial charge in [-0.3, -0.25) is 4.79 Å². The van der Waals surface area contributed by atoms with E-state index in [1.807, 2.05) is 29.2 Å². The minimum atomic E-state index is -0.0738. The summed E-state index contributed by atoms with van der Waals surface area (Å²) in [6.45, 7) is 5.47. The number of carbonyl (C=O) groups is 1. The van der Waals surface area contributed by atoms with Crippen molar-refractivity contribution < 1.29 is 4.79 Å². The summed E-state index contributed by atoms with van der Waals surface area (Å²) in [5.41, 5.74) is 6.28. The molecule has 0 aliphatic carbocycles. The molecule has 0 bridgehead atoms. The first kappa shape index (κ1) is 17.2. The van der Waals surface area contributed by atoms with Crippen LogP contribution >= 0.6 is 0 Å². The number of nitrogens with zero attached hydrogens (tertiary/aromatic N) is 3. The molecule has 2 heterocycles. The summed E-state index contributed by atoms with van der Waals surface area (Å²) in [6, 6.07) is 14.4. The van der Waals surface area contributed by atoms with Gasteiger partial charge in [-0.25, -0.2) is 9.97 Å². The highest BCUT2D eigenvalue weighted by atomic mass is 16.2. The van der Waals surface area contributed by atoms with E-state index in [4.69, 9.17) is 0 Å². The molecule has 1 aromatic heterocycles. The highest BCUT2D eigenvalue weighted by Gasteiger charge is 2.22. The Hall–Kier alpha value is -3.21. The largest absolute Gasteiger partial charge is 0.339 e. The second-order valence-electron chi connectivity index (χ2n) is 6.90. The van der Waals surface area contributed by atoms with Gasteiger partial charge in [0.1, 0.15) is 11.5 Å². The van der Waals surface area contributed by atoms with E-state index < -0.39 is 0 Å². The lowest BCUT2D eigenvalue weighted by Gasteiger charge is -2.28. The van der Waals surface area contributed by atoms with Crippen LogP contribution in [0.5, 0.6) is 0 Å². The highest BCUT2D eigenvalue weighted by molar-refractivity contribution is 5.92. The fourth-order valence-electron chi connectivity index (χ4n) is 3.36. The van der Waals surface area contributed by atoms with Gasteiger partial charge in [-0.15, -0.1) is 0 Å². The number of aromatic nitrogens is 2. The SMILES string of the molecule is Cc1cccc(Nc2cnc(C(=O)N3CCc4ccccc4C3)cn2)c1C. The van der Waals surface area contributed by atoms with Gasteiger partial charge in [-0.1, -0.05) is 36.4 Å². The molecular weight excluding hydrogens is 336 g/mol. The average Bonchev–Trinajstić information content (AvgIpc) is 2.71. The summed E-state index contributed by atoms with van der Waals surface area (Å²) < 4.78 is 0. The molecule has 0 radical (unpaired) electrons. The van der Waals surface area contributed by atoms with Crippen molar-refractivity contribution in [3.63, 3.8) is 0 Å². The number of hydrogen-bond acceptors (Lipinski definition) is 4. The first-order valence-electron chi connectivity index (χ1n) is 9.13. The third-order valence-electron chi connectivity index (χ3n) is 5.16. The minimum Gasteiger partial charge on any atom is -0.339 e. The molecule has 3 aromatic rings. The monoisotopic (exact) mass is 358 g/mol. The lowest BCUT2D eigenvalue weighted by atomic mass is 10.00. The quantitative estimate of drug-likeness (QED) is 0.768. The van der Waals surface area contributed by atoms with Crippen molar-refractivity contribution in [3.05, 3.63) is 82.8 Å². The number of fused-ring (bicyclic) bond motifs is 1. The van der Waals surface area contributed by atoms with Gasteiger partial charge in [-0.05, 0) is 48.6 Å². The van der Waals surface area contributed by atoms with Gasteiger partial charge < -0.3 is 10.2 Å². The molecule has 1 N–H and O–H groups in total. The summed E-state index contributed by atoms with van der Waals surface area (Å²) in [7, 11) is 0. The number of amides is 1. The number of nitrogens with one attached hydrogen (secondary N) is 1. The van der Waals surface area contributed by atoms with E-state index in [-0.39, 0.29) is 5.91 Å². The van der Waals surface area contributed by atoms with Crippen molar-refractivity contribution in [1.29, 1.82) is 0 Å². The maximum Gasteiger partial charge on any atom is 0.274 e. The molecule has 136 valence electrons. The Morgan fingerprint density at radius 2 is 1.81 bits per heavy atom. The highest BCUT2D eigenvalue weighted by Crippen LogP contribution is 2.22. The lowest BCUT2D eigenvalue weighted by Crippen LogP contribution is -2.36. The third kappa shape index (κ3) is 3.53. The van der Waals surface area contributed by atoms with Gasteiger partial charge in [0.05, 0.1) is 12.4 Å². The first-order chi connectivity index (χ1) is 13.1. The Morgan fingerprint density at radius 3 is 2.59 bits per heavy atom. The molecule has 1 amide bonds. The summed E-state index contributed by atoms with van der Waals surface area (Å²) in [5.74, 6) is 0.555. The predicted octanol–water partition coefficient (Wildman–Crippen LogP) is 4.04. The van der Waals surface area contributed by atoms with Gasteiger partial charge in [-0.2, -0.15) is 0 Å². The zero-order valence-electron chi connectivity index (χ0n) is 15.6. The second kappa shape index (κ2) is 7.19. The third-order valence-corrected chi connectivity index (χ3v) is 5.16. The van der Waals surface area contributed by atoms with Gasteiger partial charge in [0, 0.05) is 18.8 Å². The molecule has 0 unspecified atom stereocenters. The molecule has 0 fully saturated rings. The number of carbonyl (C=O) groups excluding carboxylic acids is 1. The van der Waals surface area contributed by atoms with E-state index in [9.17, 15) is 4.79 Å².